The van der Waals surface area contributed by atoms with E-state index in [1.165, 1.54) is 4.90 Å². The topological polar surface area (TPSA) is 82.6 Å². The number of benzene rings is 2. The van der Waals surface area contributed by atoms with Crippen LogP contribution in [0.25, 0.3) is 0 Å². The molecule has 8 heteroatoms. The first kappa shape index (κ1) is 22.5. The van der Waals surface area contributed by atoms with Crippen molar-refractivity contribution >= 4 is 35.0 Å². The lowest BCUT2D eigenvalue weighted by atomic mass is 10.0. The molecule has 0 bridgehead atoms. The van der Waals surface area contributed by atoms with Crippen molar-refractivity contribution in [2.75, 3.05) is 19.4 Å². The average molecular weight is 463 g/mol. The molecule has 0 saturated carbocycles. The van der Waals surface area contributed by atoms with Gasteiger partial charge >= 0.3 is 0 Å². The Labute approximate surface area is 197 Å². The molecule has 3 aromatic rings. The monoisotopic (exact) mass is 462 g/mol. The Morgan fingerprint density at radius 3 is 2.52 bits per heavy atom. The van der Waals surface area contributed by atoms with Crippen molar-refractivity contribution in [3.8, 4) is 0 Å². The summed E-state index contributed by atoms with van der Waals surface area (Å²) in [4.78, 5) is 46.2. The number of pyridine rings is 1. The van der Waals surface area contributed by atoms with Gasteiger partial charge in [0.2, 0.25) is 5.91 Å². The Kier molecular flexibility index (Phi) is 6.42. The Bertz CT molecular complexity index is 1200. The second-order valence-corrected chi connectivity index (χ2v) is 8.53. The number of anilines is 1. The van der Waals surface area contributed by atoms with E-state index < -0.39 is 6.04 Å². The molecule has 33 heavy (non-hydrogen) atoms. The second-order valence-electron chi connectivity index (χ2n) is 8.09. The molecule has 0 fully saturated rings. The molecule has 1 N–H and O–H groups in total. The largest absolute Gasteiger partial charge is 0.345 e. The smallest absolute Gasteiger partial charge is 0.256 e. The van der Waals surface area contributed by atoms with Crippen molar-refractivity contribution in [3.05, 3.63) is 94.3 Å². The summed E-state index contributed by atoms with van der Waals surface area (Å²) in [6, 6.07) is 14.8. The standard InChI is InChI=1S/C25H23ClN4O3/c1-29(2)24(32)18-7-5-16(6-8-18)15-30-22(12-17-4-3-11-27-14-17)23(31)28-21-13-19(26)9-10-20(21)25(30)33/h3-11,13-14,22H,12,15H2,1-2H3,(H,28,31)/t22-/m1/s1. The number of nitrogens with one attached hydrogen (secondary N) is 1. The van der Waals surface area contributed by atoms with Gasteiger partial charge in [-0.3, -0.25) is 19.4 Å². The van der Waals surface area contributed by atoms with Crippen LogP contribution >= 0.6 is 11.6 Å². The summed E-state index contributed by atoms with van der Waals surface area (Å²) in [5, 5.41) is 3.29. The maximum Gasteiger partial charge on any atom is 0.256 e. The minimum absolute atomic E-state index is 0.105. The molecule has 4 rings (SSSR count). The van der Waals surface area contributed by atoms with Crippen LogP contribution in [0.1, 0.15) is 31.8 Å². The van der Waals surface area contributed by atoms with Crippen molar-refractivity contribution in [3.63, 3.8) is 0 Å². The number of nitrogens with zero attached hydrogens (tertiary/aromatic N) is 3. The van der Waals surface area contributed by atoms with Crippen LogP contribution in [0.4, 0.5) is 5.69 Å². The van der Waals surface area contributed by atoms with Crippen LogP contribution in [0.2, 0.25) is 5.02 Å². The number of carbonyl (C=O) groups is 3. The van der Waals surface area contributed by atoms with E-state index >= 15 is 0 Å². The Hall–Kier alpha value is -3.71. The lowest BCUT2D eigenvalue weighted by Gasteiger charge is -2.29. The van der Waals surface area contributed by atoms with Gasteiger partial charge in [-0.25, -0.2) is 0 Å². The highest BCUT2D eigenvalue weighted by atomic mass is 35.5. The Morgan fingerprint density at radius 2 is 1.85 bits per heavy atom. The Morgan fingerprint density at radius 1 is 1.09 bits per heavy atom. The van der Waals surface area contributed by atoms with E-state index in [-0.39, 0.29) is 24.3 Å². The summed E-state index contributed by atoms with van der Waals surface area (Å²) >= 11 is 6.10. The number of carbonyl (C=O) groups excluding carboxylic acids is 3. The van der Waals surface area contributed by atoms with E-state index in [0.717, 1.165) is 11.1 Å². The van der Waals surface area contributed by atoms with Gasteiger partial charge < -0.3 is 15.1 Å². The quantitative estimate of drug-likeness (QED) is 0.627. The first-order valence-electron chi connectivity index (χ1n) is 10.4. The molecule has 3 amide bonds. The van der Waals surface area contributed by atoms with E-state index in [2.05, 4.69) is 10.3 Å². The average Bonchev–Trinajstić information content (AvgIpc) is 2.89. The molecule has 168 valence electrons. The molecule has 0 radical (unpaired) electrons. The van der Waals surface area contributed by atoms with Crippen molar-refractivity contribution in [1.82, 2.24) is 14.8 Å². The fourth-order valence-corrected chi connectivity index (χ4v) is 3.97. The molecular formula is C25H23ClN4O3. The third-order valence-electron chi connectivity index (χ3n) is 5.52. The van der Waals surface area contributed by atoms with Crippen molar-refractivity contribution in [2.24, 2.45) is 0 Å². The molecule has 0 aliphatic carbocycles. The number of rotatable bonds is 5. The fraction of sp³-hybridized carbons (Fsp3) is 0.200. The van der Waals surface area contributed by atoms with Gasteiger partial charge in [0, 0.05) is 50.0 Å². The summed E-state index contributed by atoms with van der Waals surface area (Å²) < 4.78 is 0. The maximum absolute atomic E-state index is 13.6. The lowest BCUT2D eigenvalue weighted by Crippen LogP contribution is -2.46. The van der Waals surface area contributed by atoms with Gasteiger partial charge in [0.05, 0.1) is 11.3 Å². The Balaban J connectivity index is 1.69. The van der Waals surface area contributed by atoms with Gasteiger partial charge in [-0.15, -0.1) is 0 Å². The van der Waals surface area contributed by atoms with E-state index in [4.69, 9.17) is 11.6 Å². The molecule has 7 nitrogen and oxygen atoms in total. The van der Waals surface area contributed by atoms with Crippen LogP contribution in [0.15, 0.2) is 67.0 Å². The third-order valence-corrected chi connectivity index (χ3v) is 5.76. The molecule has 1 aromatic heterocycles. The van der Waals surface area contributed by atoms with E-state index in [1.54, 1.807) is 79.9 Å². The SMILES string of the molecule is CN(C)C(=O)c1ccc(CN2C(=O)c3ccc(Cl)cc3NC(=O)[C@H]2Cc2cccnc2)cc1. The minimum Gasteiger partial charge on any atom is -0.345 e. The van der Waals surface area contributed by atoms with Crippen LogP contribution in [-0.4, -0.2) is 52.6 Å². The number of amides is 3. The highest BCUT2D eigenvalue weighted by Crippen LogP contribution is 2.28. The molecular weight excluding hydrogens is 440 g/mol. The molecule has 1 aliphatic rings. The van der Waals surface area contributed by atoms with E-state index in [0.29, 0.717) is 28.3 Å². The number of hydrogen-bond donors (Lipinski definition) is 1. The van der Waals surface area contributed by atoms with Crippen LogP contribution in [0.5, 0.6) is 0 Å². The highest BCUT2D eigenvalue weighted by Gasteiger charge is 2.35. The normalized spacial score (nSPS) is 15.5. The summed E-state index contributed by atoms with van der Waals surface area (Å²) in [7, 11) is 3.38. The zero-order valence-corrected chi connectivity index (χ0v) is 19.0. The van der Waals surface area contributed by atoms with Crippen molar-refractivity contribution in [2.45, 2.75) is 19.0 Å². The molecule has 1 atom stereocenters. The van der Waals surface area contributed by atoms with Crippen LogP contribution in [0, 0.1) is 0 Å². The van der Waals surface area contributed by atoms with E-state index in [1.807, 2.05) is 6.07 Å². The summed E-state index contributed by atoms with van der Waals surface area (Å²) in [6.07, 6.45) is 3.66. The predicted octanol–water partition coefficient (Wildman–Crippen LogP) is 3.64. The van der Waals surface area contributed by atoms with Crippen molar-refractivity contribution in [1.29, 1.82) is 0 Å². The maximum atomic E-state index is 13.6. The van der Waals surface area contributed by atoms with Crippen LogP contribution in [0.3, 0.4) is 0 Å². The zero-order chi connectivity index (χ0) is 23.5. The van der Waals surface area contributed by atoms with Crippen LogP contribution in [-0.2, 0) is 17.8 Å². The van der Waals surface area contributed by atoms with Crippen molar-refractivity contribution < 1.29 is 14.4 Å². The highest BCUT2D eigenvalue weighted by molar-refractivity contribution is 6.31. The third kappa shape index (κ3) is 4.88. The second kappa shape index (κ2) is 9.42. The number of halogens is 1. The van der Waals surface area contributed by atoms with Gasteiger partial charge in [-0.1, -0.05) is 29.8 Å². The van der Waals surface area contributed by atoms with Gasteiger partial charge in [-0.05, 0) is 47.5 Å². The van der Waals surface area contributed by atoms with Gasteiger partial charge in [0.1, 0.15) is 6.04 Å². The molecule has 0 saturated heterocycles. The summed E-state index contributed by atoms with van der Waals surface area (Å²) in [5.41, 5.74) is 2.96. The lowest BCUT2D eigenvalue weighted by molar-refractivity contribution is -0.120. The first-order valence-corrected chi connectivity index (χ1v) is 10.8. The van der Waals surface area contributed by atoms with Crippen LogP contribution < -0.4 is 5.32 Å². The van der Waals surface area contributed by atoms with Gasteiger partial charge in [0.25, 0.3) is 11.8 Å². The molecule has 2 aromatic carbocycles. The summed E-state index contributed by atoms with van der Waals surface area (Å²) in [5.74, 6) is -0.679. The molecule has 1 aliphatic heterocycles. The minimum atomic E-state index is -0.754. The number of hydrogen-bond acceptors (Lipinski definition) is 4. The van der Waals surface area contributed by atoms with Gasteiger partial charge in [-0.2, -0.15) is 0 Å². The fourth-order valence-electron chi connectivity index (χ4n) is 3.79. The first-order chi connectivity index (χ1) is 15.8. The predicted molar refractivity (Wildman–Crippen MR) is 126 cm³/mol. The summed E-state index contributed by atoms with van der Waals surface area (Å²) in [6.45, 7) is 0.204. The molecule has 0 unspecified atom stereocenters. The number of fused-ring (bicyclic) bond motifs is 1. The number of aromatic nitrogens is 1. The molecule has 0 spiro atoms. The molecule has 2 heterocycles. The zero-order valence-electron chi connectivity index (χ0n) is 18.3. The van der Waals surface area contributed by atoms with E-state index in [9.17, 15) is 14.4 Å². The van der Waals surface area contributed by atoms with Gasteiger partial charge in [0.15, 0.2) is 0 Å².